The van der Waals surface area contributed by atoms with Gasteiger partial charge in [-0.05, 0) is 24.5 Å². The summed E-state index contributed by atoms with van der Waals surface area (Å²) in [6.45, 7) is 6.54. The fourth-order valence-corrected chi connectivity index (χ4v) is 2.03. The lowest BCUT2D eigenvalue weighted by atomic mass is 9.88. The summed E-state index contributed by atoms with van der Waals surface area (Å²) in [6.07, 6.45) is 0.365. The molecule has 0 saturated heterocycles. The molecule has 1 amide bonds. The van der Waals surface area contributed by atoms with Gasteiger partial charge < -0.3 is 11.1 Å². The van der Waals surface area contributed by atoms with Crippen molar-refractivity contribution in [3.63, 3.8) is 0 Å². The summed E-state index contributed by atoms with van der Waals surface area (Å²) >= 11 is 3.45. The van der Waals surface area contributed by atoms with Crippen LogP contribution in [0.4, 0.5) is 0 Å². The highest BCUT2D eigenvalue weighted by Crippen LogP contribution is 2.18. The maximum atomic E-state index is 12.1. The molecule has 0 spiro atoms. The Balaban J connectivity index is 2.70. The molecule has 18 heavy (non-hydrogen) atoms. The second-order valence-electron chi connectivity index (χ2n) is 5.09. The van der Waals surface area contributed by atoms with Gasteiger partial charge >= 0.3 is 0 Å². The quantitative estimate of drug-likeness (QED) is 0.877. The van der Waals surface area contributed by atoms with Crippen LogP contribution in [0.3, 0.4) is 0 Å². The number of amides is 1. The molecule has 0 radical (unpaired) electrons. The smallest absolute Gasteiger partial charge is 0.224 e. The lowest BCUT2D eigenvalue weighted by molar-refractivity contribution is -0.122. The number of hydrogen-bond donors (Lipinski definition) is 2. The Morgan fingerprint density at radius 3 is 2.56 bits per heavy atom. The van der Waals surface area contributed by atoms with Crippen LogP contribution in [0.2, 0.25) is 0 Å². The van der Waals surface area contributed by atoms with E-state index in [9.17, 15) is 4.79 Å². The van der Waals surface area contributed by atoms with E-state index >= 15 is 0 Å². The van der Waals surface area contributed by atoms with E-state index in [-0.39, 0.29) is 11.4 Å². The molecule has 3 nitrogen and oxygen atoms in total. The lowest BCUT2D eigenvalue weighted by Crippen LogP contribution is -2.55. The third kappa shape index (κ3) is 3.82. The molecule has 0 aliphatic carbocycles. The second kappa shape index (κ2) is 6.34. The standard InChI is InChI=1S/C14H21BrN2O/c1-10(2)14(3,9-16)17-13(18)8-11-6-4-5-7-12(11)15/h4-7,10H,8-9,16H2,1-3H3,(H,17,18). The zero-order valence-electron chi connectivity index (χ0n) is 11.2. The van der Waals surface area contributed by atoms with Crippen molar-refractivity contribution in [1.82, 2.24) is 5.32 Å². The predicted molar refractivity (Wildman–Crippen MR) is 78.3 cm³/mol. The molecular formula is C14H21BrN2O. The Kier molecular flexibility index (Phi) is 5.35. The molecular weight excluding hydrogens is 292 g/mol. The number of hydrogen-bond acceptors (Lipinski definition) is 2. The van der Waals surface area contributed by atoms with Crippen LogP contribution in [0.15, 0.2) is 28.7 Å². The summed E-state index contributed by atoms with van der Waals surface area (Å²) in [5, 5.41) is 3.03. The molecule has 0 aliphatic heterocycles. The van der Waals surface area contributed by atoms with Gasteiger partial charge in [0.15, 0.2) is 0 Å². The SMILES string of the molecule is CC(C)C(C)(CN)NC(=O)Cc1ccccc1Br. The number of carbonyl (C=O) groups is 1. The second-order valence-corrected chi connectivity index (χ2v) is 5.95. The third-order valence-corrected chi connectivity index (χ3v) is 4.21. The van der Waals surface area contributed by atoms with Gasteiger partial charge in [0.05, 0.1) is 12.0 Å². The van der Waals surface area contributed by atoms with E-state index in [2.05, 4.69) is 35.1 Å². The molecule has 0 fully saturated rings. The molecule has 1 rings (SSSR count). The number of nitrogens with two attached hydrogens (primary N) is 1. The summed E-state index contributed by atoms with van der Waals surface area (Å²) in [5.41, 5.74) is 6.39. The Hall–Kier alpha value is -0.870. The fraction of sp³-hybridized carbons (Fsp3) is 0.500. The average Bonchev–Trinajstić information content (AvgIpc) is 2.31. The molecule has 1 aromatic rings. The fourth-order valence-electron chi connectivity index (χ4n) is 1.61. The van der Waals surface area contributed by atoms with Gasteiger partial charge in [0, 0.05) is 11.0 Å². The van der Waals surface area contributed by atoms with Crippen molar-refractivity contribution >= 4 is 21.8 Å². The summed E-state index contributed by atoms with van der Waals surface area (Å²) in [7, 11) is 0. The van der Waals surface area contributed by atoms with Crippen LogP contribution in [-0.4, -0.2) is 18.0 Å². The minimum absolute atomic E-state index is 0.00329. The van der Waals surface area contributed by atoms with Crippen LogP contribution in [0.5, 0.6) is 0 Å². The Labute approximate surface area is 117 Å². The van der Waals surface area contributed by atoms with E-state index in [1.165, 1.54) is 0 Å². The predicted octanol–water partition coefficient (Wildman–Crippen LogP) is 2.48. The molecule has 1 atom stereocenters. The average molecular weight is 313 g/mol. The Morgan fingerprint density at radius 2 is 2.06 bits per heavy atom. The highest BCUT2D eigenvalue weighted by molar-refractivity contribution is 9.10. The van der Waals surface area contributed by atoms with E-state index < -0.39 is 0 Å². The first-order valence-electron chi connectivity index (χ1n) is 6.13. The molecule has 0 aromatic heterocycles. The van der Waals surface area contributed by atoms with Crippen LogP contribution in [0.1, 0.15) is 26.3 Å². The first-order valence-corrected chi connectivity index (χ1v) is 6.93. The van der Waals surface area contributed by atoms with Crippen molar-refractivity contribution < 1.29 is 4.79 Å². The molecule has 1 aromatic carbocycles. The van der Waals surface area contributed by atoms with Gasteiger partial charge in [-0.25, -0.2) is 0 Å². The van der Waals surface area contributed by atoms with Gasteiger partial charge in [-0.3, -0.25) is 4.79 Å². The van der Waals surface area contributed by atoms with Gasteiger partial charge in [0.25, 0.3) is 0 Å². The molecule has 1 unspecified atom stereocenters. The van der Waals surface area contributed by atoms with Crippen molar-refractivity contribution in [1.29, 1.82) is 0 Å². The Bertz CT molecular complexity index is 420. The topological polar surface area (TPSA) is 55.1 Å². The number of rotatable bonds is 5. The number of nitrogens with one attached hydrogen (secondary N) is 1. The Morgan fingerprint density at radius 1 is 1.44 bits per heavy atom. The summed E-state index contributed by atoms with van der Waals surface area (Å²) < 4.78 is 0.958. The lowest BCUT2D eigenvalue weighted by Gasteiger charge is -2.33. The summed E-state index contributed by atoms with van der Waals surface area (Å²) in [4.78, 5) is 12.1. The highest BCUT2D eigenvalue weighted by Gasteiger charge is 2.28. The number of benzene rings is 1. The largest absolute Gasteiger partial charge is 0.349 e. The van der Waals surface area contributed by atoms with Crippen molar-refractivity contribution in [2.75, 3.05) is 6.54 Å². The minimum atomic E-state index is -0.349. The van der Waals surface area contributed by atoms with Crippen LogP contribution in [0, 0.1) is 5.92 Å². The van der Waals surface area contributed by atoms with Gasteiger partial charge in [-0.15, -0.1) is 0 Å². The maximum Gasteiger partial charge on any atom is 0.224 e. The van der Waals surface area contributed by atoms with E-state index in [0.29, 0.717) is 18.9 Å². The van der Waals surface area contributed by atoms with Crippen LogP contribution in [-0.2, 0) is 11.2 Å². The van der Waals surface area contributed by atoms with Gasteiger partial charge in [0.2, 0.25) is 5.91 Å². The van der Waals surface area contributed by atoms with Crippen molar-refractivity contribution in [2.24, 2.45) is 11.7 Å². The van der Waals surface area contributed by atoms with E-state index in [4.69, 9.17) is 5.73 Å². The highest BCUT2D eigenvalue weighted by atomic mass is 79.9. The van der Waals surface area contributed by atoms with Crippen LogP contribution < -0.4 is 11.1 Å². The first kappa shape index (κ1) is 15.2. The number of halogens is 1. The minimum Gasteiger partial charge on any atom is -0.349 e. The van der Waals surface area contributed by atoms with E-state index in [1.54, 1.807) is 0 Å². The van der Waals surface area contributed by atoms with Gasteiger partial charge in [-0.2, -0.15) is 0 Å². The first-order chi connectivity index (χ1) is 8.39. The molecule has 4 heteroatoms. The van der Waals surface area contributed by atoms with Crippen LogP contribution in [0.25, 0.3) is 0 Å². The van der Waals surface area contributed by atoms with E-state index in [0.717, 1.165) is 10.0 Å². The number of carbonyl (C=O) groups excluding carboxylic acids is 1. The molecule has 3 N–H and O–H groups in total. The zero-order valence-corrected chi connectivity index (χ0v) is 12.8. The maximum absolute atomic E-state index is 12.1. The van der Waals surface area contributed by atoms with Gasteiger partial charge in [0.1, 0.15) is 0 Å². The summed E-state index contributed by atoms with van der Waals surface area (Å²) in [5.74, 6) is 0.300. The van der Waals surface area contributed by atoms with E-state index in [1.807, 2.05) is 31.2 Å². The monoisotopic (exact) mass is 312 g/mol. The molecule has 0 heterocycles. The molecule has 100 valence electrons. The van der Waals surface area contributed by atoms with Crippen molar-refractivity contribution in [2.45, 2.75) is 32.7 Å². The van der Waals surface area contributed by atoms with Gasteiger partial charge in [-0.1, -0.05) is 48.0 Å². The normalized spacial score (nSPS) is 14.3. The third-order valence-electron chi connectivity index (χ3n) is 3.43. The zero-order chi connectivity index (χ0) is 13.8. The van der Waals surface area contributed by atoms with Crippen molar-refractivity contribution in [3.05, 3.63) is 34.3 Å². The van der Waals surface area contributed by atoms with Crippen LogP contribution >= 0.6 is 15.9 Å². The molecule has 0 aliphatic rings. The van der Waals surface area contributed by atoms with Crippen molar-refractivity contribution in [3.8, 4) is 0 Å². The molecule has 0 saturated carbocycles. The molecule has 0 bridgehead atoms. The summed E-state index contributed by atoms with van der Waals surface area (Å²) in [6, 6.07) is 7.74.